The second-order valence-electron chi connectivity index (χ2n) is 5.22. The molecular formula is C14H24N4O3. The number of hydrogen-bond acceptors (Lipinski definition) is 7. The van der Waals surface area contributed by atoms with Crippen molar-refractivity contribution in [2.75, 3.05) is 44.9 Å². The third kappa shape index (κ3) is 4.89. The number of methoxy groups -OCH3 is 1. The molecule has 0 bridgehead atoms. The Morgan fingerprint density at radius 3 is 2.86 bits per heavy atom. The van der Waals surface area contributed by atoms with Crippen LogP contribution in [0.4, 0.5) is 5.95 Å². The van der Waals surface area contributed by atoms with Crippen LogP contribution in [0.3, 0.4) is 0 Å². The number of rotatable bonds is 7. The topological polar surface area (TPSA) is 79.7 Å². The summed E-state index contributed by atoms with van der Waals surface area (Å²) >= 11 is 0. The fraction of sp³-hybridized carbons (Fsp3) is 0.714. The normalized spacial score (nSPS) is 22.5. The van der Waals surface area contributed by atoms with Gasteiger partial charge in [-0.05, 0) is 6.92 Å². The molecule has 2 N–H and O–H groups in total. The van der Waals surface area contributed by atoms with Crippen molar-refractivity contribution in [2.24, 2.45) is 0 Å². The summed E-state index contributed by atoms with van der Waals surface area (Å²) in [7, 11) is 1.68. The maximum absolute atomic E-state index is 9.25. The maximum Gasteiger partial charge on any atom is 0.225 e. The van der Waals surface area contributed by atoms with Gasteiger partial charge in [0.1, 0.15) is 0 Å². The molecule has 2 unspecified atom stereocenters. The van der Waals surface area contributed by atoms with E-state index in [1.165, 1.54) is 0 Å². The molecule has 1 saturated heterocycles. The third-order valence-corrected chi connectivity index (χ3v) is 3.32. The van der Waals surface area contributed by atoms with Crippen molar-refractivity contribution >= 4 is 5.95 Å². The fourth-order valence-corrected chi connectivity index (χ4v) is 2.32. The molecule has 0 spiro atoms. The maximum atomic E-state index is 9.25. The highest BCUT2D eigenvalue weighted by Gasteiger charge is 2.26. The molecule has 2 atom stereocenters. The average molecular weight is 296 g/mol. The number of nitrogens with zero attached hydrogens (tertiary/aromatic N) is 3. The number of aromatic nitrogens is 2. The van der Waals surface area contributed by atoms with E-state index in [-0.39, 0.29) is 18.8 Å². The first-order valence-electron chi connectivity index (χ1n) is 7.24. The lowest BCUT2D eigenvalue weighted by Crippen LogP contribution is -2.48. The van der Waals surface area contributed by atoms with Crippen molar-refractivity contribution in [2.45, 2.75) is 25.7 Å². The summed E-state index contributed by atoms with van der Waals surface area (Å²) in [6, 6.07) is 0. The Morgan fingerprint density at radius 1 is 1.43 bits per heavy atom. The van der Waals surface area contributed by atoms with Gasteiger partial charge in [-0.3, -0.25) is 0 Å². The number of hydrogen-bond donors (Lipinski definition) is 2. The van der Waals surface area contributed by atoms with E-state index in [9.17, 15) is 5.11 Å². The minimum absolute atomic E-state index is 0.0162. The first-order chi connectivity index (χ1) is 10.2. The van der Waals surface area contributed by atoms with Gasteiger partial charge in [0.05, 0.1) is 25.4 Å². The molecule has 1 aromatic rings. The Morgan fingerprint density at radius 2 is 2.19 bits per heavy atom. The fourth-order valence-electron chi connectivity index (χ4n) is 2.32. The summed E-state index contributed by atoms with van der Waals surface area (Å²) in [6.45, 7) is 5.58. The smallest absolute Gasteiger partial charge is 0.225 e. The molecule has 0 saturated carbocycles. The molecule has 0 aromatic carbocycles. The molecular weight excluding hydrogens is 272 g/mol. The lowest BCUT2D eigenvalue weighted by molar-refractivity contribution is -0.0425. The molecule has 21 heavy (non-hydrogen) atoms. The number of aliphatic hydroxyl groups excluding tert-OH is 1. The Hall–Kier alpha value is -1.28. The lowest BCUT2D eigenvalue weighted by atomic mass is 10.2. The van der Waals surface area contributed by atoms with E-state index in [2.05, 4.69) is 20.2 Å². The standard InChI is InChI=1S/C14H24N4O3/c1-11-8-18(9-13(10-19)21-11)14-16-6-12(7-17-14)5-15-3-4-20-2/h6-7,11,13,15,19H,3-5,8-10H2,1-2H3. The highest BCUT2D eigenvalue weighted by atomic mass is 16.5. The van der Waals surface area contributed by atoms with Crippen molar-refractivity contribution in [3.63, 3.8) is 0 Å². The van der Waals surface area contributed by atoms with Gasteiger partial charge in [-0.1, -0.05) is 0 Å². The van der Waals surface area contributed by atoms with Gasteiger partial charge in [0.15, 0.2) is 0 Å². The van der Waals surface area contributed by atoms with Crippen LogP contribution in [0.25, 0.3) is 0 Å². The van der Waals surface area contributed by atoms with Crippen molar-refractivity contribution in [3.05, 3.63) is 18.0 Å². The molecule has 118 valence electrons. The van der Waals surface area contributed by atoms with Gasteiger partial charge in [0, 0.05) is 51.2 Å². The highest BCUT2D eigenvalue weighted by Crippen LogP contribution is 2.16. The van der Waals surface area contributed by atoms with Crippen LogP contribution in [0, 0.1) is 0 Å². The number of aliphatic hydroxyl groups is 1. The summed E-state index contributed by atoms with van der Waals surface area (Å²) in [5.41, 5.74) is 1.04. The van der Waals surface area contributed by atoms with Crippen LogP contribution in [-0.2, 0) is 16.0 Å². The minimum Gasteiger partial charge on any atom is -0.394 e. The molecule has 7 heteroatoms. The second kappa shape index (κ2) is 8.23. The Bertz CT molecular complexity index is 415. The van der Waals surface area contributed by atoms with Crippen molar-refractivity contribution in [1.82, 2.24) is 15.3 Å². The van der Waals surface area contributed by atoms with E-state index in [4.69, 9.17) is 9.47 Å². The Balaban J connectivity index is 1.89. The van der Waals surface area contributed by atoms with Gasteiger partial charge >= 0.3 is 0 Å². The molecule has 0 radical (unpaired) electrons. The van der Waals surface area contributed by atoms with Crippen LogP contribution < -0.4 is 10.2 Å². The van der Waals surface area contributed by atoms with Crippen molar-refractivity contribution < 1.29 is 14.6 Å². The molecule has 1 fully saturated rings. The lowest BCUT2D eigenvalue weighted by Gasteiger charge is -2.36. The van der Waals surface area contributed by atoms with Crippen molar-refractivity contribution in [3.8, 4) is 0 Å². The van der Waals surface area contributed by atoms with E-state index in [1.807, 2.05) is 19.3 Å². The van der Waals surface area contributed by atoms with Gasteiger partial charge in [-0.15, -0.1) is 0 Å². The summed E-state index contributed by atoms with van der Waals surface area (Å²) in [5, 5.41) is 12.5. The molecule has 2 rings (SSSR count). The van der Waals surface area contributed by atoms with Gasteiger partial charge in [0.2, 0.25) is 5.95 Å². The summed E-state index contributed by atoms with van der Waals surface area (Å²) < 4.78 is 10.6. The number of nitrogens with one attached hydrogen (secondary N) is 1. The first-order valence-corrected chi connectivity index (χ1v) is 7.24. The second-order valence-corrected chi connectivity index (χ2v) is 5.22. The molecule has 0 amide bonds. The van der Waals surface area contributed by atoms with Gasteiger partial charge in [0.25, 0.3) is 0 Å². The van der Waals surface area contributed by atoms with E-state index in [0.29, 0.717) is 19.1 Å². The van der Waals surface area contributed by atoms with E-state index < -0.39 is 0 Å². The Kier molecular flexibility index (Phi) is 6.31. The largest absolute Gasteiger partial charge is 0.394 e. The summed E-state index contributed by atoms with van der Waals surface area (Å²) in [4.78, 5) is 10.9. The van der Waals surface area contributed by atoms with Gasteiger partial charge in [-0.2, -0.15) is 0 Å². The van der Waals surface area contributed by atoms with Gasteiger partial charge < -0.3 is 24.8 Å². The molecule has 1 aliphatic rings. The van der Waals surface area contributed by atoms with E-state index >= 15 is 0 Å². The zero-order chi connectivity index (χ0) is 15.1. The third-order valence-electron chi connectivity index (χ3n) is 3.32. The first kappa shape index (κ1) is 16.1. The van der Waals surface area contributed by atoms with Crippen LogP contribution in [0.2, 0.25) is 0 Å². The zero-order valence-electron chi connectivity index (χ0n) is 12.7. The van der Waals surface area contributed by atoms with Crippen LogP contribution >= 0.6 is 0 Å². The number of morpholine rings is 1. The van der Waals surface area contributed by atoms with E-state index in [1.54, 1.807) is 7.11 Å². The van der Waals surface area contributed by atoms with Crippen LogP contribution in [0.5, 0.6) is 0 Å². The average Bonchev–Trinajstić information content (AvgIpc) is 2.51. The van der Waals surface area contributed by atoms with Crippen LogP contribution in [-0.4, -0.2) is 67.2 Å². The summed E-state index contributed by atoms with van der Waals surface area (Å²) in [5.74, 6) is 0.684. The van der Waals surface area contributed by atoms with Gasteiger partial charge in [-0.25, -0.2) is 9.97 Å². The quantitative estimate of drug-likeness (QED) is 0.674. The van der Waals surface area contributed by atoms with Crippen LogP contribution in [0.15, 0.2) is 12.4 Å². The number of anilines is 1. The predicted molar refractivity (Wildman–Crippen MR) is 79.2 cm³/mol. The van der Waals surface area contributed by atoms with E-state index in [0.717, 1.165) is 25.2 Å². The Labute approximate surface area is 125 Å². The van der Waals surface area contributed by atoms with Crippen LogP contribution in [0.1, 0.15) is 12.5 Å². The monoisotopic (exact) mass is 296 g/mol. The molecule has 1 aliphatic heterocycles. The molecule has 1 aromatic heterocycles. The SMILES string of the molecule is COCCNCc1cnc(N2CC(C)OC(CO)C2)nc1. The molecule has 7 nitrogen and oxygen atoms in total. The zero-order valence-corrected chi connectivity index (χ0v) is 12.7. The number of ether oxygens (including phenoxy) is 2. The molecule has 0 aliphatic carbocycles. The molecule has 2 heterocycles. The predicted octanol–water partition coefficient (Wildman–Crippen LogP) is -0.201. The van der Waals surface area contributed by atoms with Crippen molar-refractivity contribution in [1.29, 1.82) is 0 Å². The summed E-state index contributed by atoms with van der Waals surface area (Å²) in [6.07, 6.45) is 3.55. The minimum atomic E-state index is -0.173. The highest BCUT2D eigenvalue weighted by molar-refractivity contribution is 5.31.